The van der Waals surface area contributed by atoms with E-state index in [-0.39, 0.29) is 0 Å². The van der Waals surface area contributed by atoms with Crippen molar-refractivity contribution in [1.29, 1.82) is 0 Å². The molecule has 48 heavy (non-hydrogen) atoms. The zero-order valence-corrected chi connectivity index (χ0v) is 27.2. The van der Waals surface area contributed by atoms with Crippen molar-refractivity contribution >= 4 is 44.2 Å². The van der Waals surface area contributed by atoms with Gasteiger partial charge in [0.2, 0.25) is 0 Å². The van der Waals surface area contributed by atoms with Crippen LogP contribution in [-0.4, -0.2) is 19.9 Å². The van der Waals surface area contributed by atoms with E-state index in [4.69, 9.17) is 9.97 Å². The van der Waals surface area contributed by atoms with Gasteiger partial charge in [-0.1, -0.05) is 84.9 Å². The molecule has 0 amide bonds. The van der Waals surface area contributed by atoms with Crippen LogP contribution >= 0.6 is 22.7 Å². The van der Waals surface area contributed by atoms with E-state index < -0.39 is 0 Å². The van der Waals surface area contributed by atoms with Crippen LogP contribution in [0.15, 0.2) is 157 Å². The lowest BCUT2D eigenvalue weighted by molar-refractivity contribution is 1.31. The van der Waals surface area contributed by atoms with Gasteiger partial charge in [-0.3, -0.25) is 9.97 Å². The summed E-state index contributed by atoms with van der Waals surface area (Å²) >= 11 is 3.24. The minimum atomic E-state index is 0.922. The second-order valence-electron chi connectivity index (χ2n) is 11.5. The van der Waals surface area contributed by atoms with Crippen molar-refractivity contribution in [2.45, 2.75) is 0 Å². The molecule has 0 aliphatic rings. The Morgan fingerprint density at radius 1 is 0.354 bits per heavy atom. The van der Waals surface area contributed by atoms with Crippen LogP contribution in [0.3, 0.4) is 0 Å². The fourth-order valence-electron chi connectivity index (χ4n) is 6.49. The molecule has 0 atom stereocenters. The lowest BCUT2D eigenvalue weighted by Crippen LogP contribution is -1.94. The van der Waals surface area contributed by atoms with E-state index in [0.717, 1.165) is 76.3 Å². The van der Waals surface area contributed by atoms with E-state index >= 15 is 0 Å². The van der Waals surface area contributed by atoms with Gasteiger partial charge in [-0.2, -0.15) is 0 Å². The van der Waals surface area contributed by atoms with Crippen molar-refractivity contribution in [3.8, 4) is 65.9 Å². The van der Waals surface area contributed by atoms with E-state index in [0.29, 0.717) is 0 Å². The van der Waals surface area contributed by atoms with Gasteiger partial charge < -0.3 is 0 Å². The minimum absolute atomic E-state index is 0.922. The Kier molecular flexibility index (Phi) is 7.15. The van der Waals surface area contributed by atoms with E-state index in [9.17, 15) is 0 Å². The molecule has 5 aromatic carbocycles. The highest BCUT2D eigenvalue weighted by Crippen LogP contribution is 2.44. The summed E-state index contributed by atoms with van der Waals surface area (Å²) in [5.41, 5.74) is 10.8. The summed E-state index contributed by atoms with van der Waals surface area (Å²) in [6.45, 7) is 0. The Morgan fingerprint density at radius 2 is 0.854 bits per heavy atom. The van der Waals surface area contributed by atoms with Crippen LogP contribution in [0.5, 0.6) is 0 Å². The fraction of sp³-hybridized carbons (Fsp3) is 0. The summed E-state index contributed by atoms with van der Waals surface area (Å²) in [5, 5.41) is 10.5. The Hall–Kier alpha value is -5.82. The number of hydrogen-bond donors (Lipinski definition) is 0. The zero-order valence-electron chi connectivity index (χ0n) is 25.6. The smallest absolute Gasteiger partial charge is 0.124 e. The molecule has 4 aromatic heterocycles. The van der Waals surface area contributed by atoms with Crippen LogP contribution in [0.4, 0.5) is 0 Å². The van der Waals surface area contributed by atoms with Crippen LogP contribution in [-0.2, 0) is 0 Å². The van der Waals surface area contributed by atoms with Gasteiger partial charge in [-0.05, 0) is 80.2 Å². The van der Waals surface area contributed by atoms with Crippen molar-refractivity contribution in [3.63, 3.8) is 0 Å². The predicted molar refractivity (Wildman–Crippen MR) is 201 cm³/mol. The number of rotatable bonds is 6. The zero-order chi connectivity index (χ0) is 31.9. The molecule has 9 rings (SSSR count). The van der Waals surface area contributed by atoms with Crippen LogP contribution in [0.1, 0.15) is 0 Å². The van der Waals surface area contributed by atoms with Crippen LogP contribution < -0.4 is 0 Å². The van der Waals surface area contributed by atoms with Crippen molar-refractivity contribution in [1.82, 2.24) is 19.9 Å². The van der Waals surface area contributed by atoms with Crippen molar-refractivity contribution < 1.29 is 0 Å². The largest absolute Gasteiger partial charge is 0.255 e. The number of pyridine rings is 2. The first-order valence-corrected chi connectivity index (χ1v) is 17.4. The molecule has 4 heterocycles. The lowest BCUT2D eigenvalue weighted by atomic mass is 9.87. The first-order chi connectivity index (χ1) is 23.8. The number of aromatic nitrogens is 4. The van der Waals surface area contributed by atoms with Gasteiger partial charge in [0.25, 0.3) is 0 Å². The number of nitrogens with zero attached hydrogens (tertiary/aromatic N) is 4. The molecule has 0 radical (unpaired) electrons. The SMILES string of the molecule is c1ccc(-c2cccc(-c3ccc4c(-c5ccc(-c6nccs6)cn5)c5ccccc5c(-c5ccc(-c6nccs6)cn5)c4c3)c2)cc1. The van der Waals surface area contributed by atoms with Gasteiger partial charge in [-0.25, -0.2) is 9.97 Å². The molecule has 0 aliphatic heterocycles. The predicted octanol–water partition coefficient (Wildman–Crippen LogP) is 11.7. The standard InChI is InChI=1S/C42H26N4S2/c1-2-7-27(8-3-1)28-9-6-10-29(23-28)30-13-16-35-36(24-30)40(38-18-15-32(26-46-38)42-44-20-22-48-42)34-12-5-4-11-33(34)39(35)37-17-14-31(25-45-37)41-43-19-21-47-41/h1-26H. The van der Waals surface area contributed by atoms with Crippen LogP contribution in [0.25, 0.3) is 87.5 Å². The average molecular weight is 651 g/mol. The van der Waals surface area contributed by atoms with Gasteiger partial charge in [0.15, 0.2) is 0 Å². The van der Waals surface area contributed by atoms with Gasteiger partial charge in [0.05, 0.1) is 11.4 Å². The molecule has 0 unspecified atom stereocenters. The molecule has 4 nitrogen and oxygen atoms in total. The van der Waals surface area contributed by atoms with E-state index in [2.05, 4.69) is 131 Å². The van der Waals surface area contributed by atoms with Gasteiger partial charge in [-0.15, -0.1) is 22.7 Å². The number of hydrogen-bond acceptors (Lipinski definition) is 6. The topological polar surface area (TPSA) is 51.6 Å². The average Bonchev–Trinajstić information content (AvgIpc) is 3.91. The monoisotopic (exact) mass is 650 g/mol. The van der Waals surface area contributed by atoms with Crippen molar-refractivity contribution in [3.05, 3.63) is 157 Å². The first kappa shape index (κ1) is 28.4. The van der Waals surface area contributed by atoms with E-state index in [1.807, 2.05) is 35.5 Å². The summed E-state index contributed by atoms with van der Waals surface area (Å²) < 4.78 is 0. The van der Waals surface area contributed by atoms with Crippen molar-refractivity contribution in [2.24, 2.45) is 0 Å². The first-order valence-electron chi connectivity index (χ1n) is 15.7. The summed E-state index contributed by atoms with van der Waals surface area (Å²) in [6, 6.07) is 43.2. The third-order valence-electron chi connectivity index (χ3n) is 8.72. The maximum absolute atomic E-state index is 5.05. The highest BCUT2D eigenvalue weighted by Gasteiger charge is 2.19. The Bertz CT molecular complexity index is 2520. The molecule has 0 N–H and O–H groups in total. The molecule has 0 saturated carbocycles. The molecule has 0 bridgehead atoms. The molecule has 0 spiro atoms. The van der Waals surface area contributed by atoms with Crippen LogP contribution in [0, 0.1) is 0 Å². The summed E-state index contributed by atoms with van der Waals surface area (Å²) in [5.74, 6) is 0. The maximum Gasteiger partial charge on any atom is 0.124 e. The second-order valence-corrected chi connectivity index (χ2v) is 13.3. The number of thiazole rings is 2. The summed E-state index contributed by atoms with van der Waals surface area (Å²) in [6.07, 6.45) is 7.54. The molecular formula is C42H26N4S2. The molecule has 6 heteroatoms. The van der Waals surface area contributed by atoms with E-state index in [1.54, 1.807) is 22.7 Å². The summed E-state index contributed by atoms with van der Waals surface area (Å²) in [7, 11) is 0. The Labute approximate surface area is 285 Å². The molecule has 0 fully saturated rings. The third kappa shape index (κ3) is 5.08. The highest BCUT2D eigenvalue weighted by atomic mass is 32.1. The number of benzene rings is 5. The molecule has 0 aliphatic carbocycles. The quantitative estimate of drug-likeness (QED) is 0.168. The third-order valence-corrected chi connectivity index (χ3v) is 10.4. The second kappa shape index (κ2) is 12.1. The molecule has 226 valence electrons. The molecule has 0 saturated heterocycles. The van der Waals surface area contributed by atoms with Gasteiger partial charge in [0, 0.05) is 57.8 Å². The van der Waals surface area contributed by atoms with E-state index in [1.165, 1.54) is 11.1 Å². The minimum Gasteiger partial charge on any atom is -0.255 e. The fourth-order valence-corrected chi connectivity index (χ4v) is 7.75. The lowest BCUT2D eigenvalue weighted by Gasteiger charge is -2.18. The number of fused-ring (bicyclic) bond motifs is 2. The molecule has 9 aromatic rings. The Morgan fingerprint density at radius 3 is 1.42 bits per heavy atom. The molecular weight excluding hydrogens is 625 g/mol. The van der Waals surface area contributed by atoms with Crippen molar-refractivity contribution in [2.75, 3.05) is 0 Å². The van der Waals surface area contributed by atoms with Gasteiger partial charge >= 0.3 is 0 Å². The van der Waals surface area contributed by atoms with Crippen LogP contribution in [0.2, 0.25) is 0 Å². The Balaban J connectivity index is 1.28. The normalized spacial score (nSPS) is 11.3. The highest BCUT2D eigenvalue weighted by molar-refractivity contribution is 7.13. The maximum atomic E-state index is 5.05. The summed E-state index contributed by atoms with van der Waals surface area (Å²) in [4.78, 5) is 19.1. The van der Waals surface area contributed by atoms with Gasteiger partial charge in [0.1, 0.15) is 10.0 Å².